The highest BCUT2D eigenvalue weighted by Gasteiger charge is 2.16. The summed E-state index contributed by atoms with van der Waals surface area (Å²) in [7, 11) is 0. The lowest BCUT2D eigenvalue weighted by Crippen LogP contribution is -2.11. The van der Waals surface area contributed by atoms with Crippen LogP contribution < -0.4 is 0 Å². The number of hydrogen-bond donors (Lipinski definition) is 0. The van der Waals surface area contributed by atoms with Gasteiger partial charge in [-0.25, -0.2) is 4.98 Å². The smallest absolute Gasteiger partial charge is 0.111 e. The van der Waals surface area contributed by atoms with E-state index < -0.39 is 0 Å². The highest BCUT2D eigenvalue weighted by molar-refractivity contribution is 9.10. The Morgan fingerprint density at radius 3 is 2.71 bits per heavy atom. The van der Waals surface area contributed by atoms with Crippen molar-refractivity contribution in [2.24, 2.45) is 0 Å². The lowest BCUT2D eigenvalue weighted by molar-refractivity contribution is 0.623. The molecule has 0 bridgehead atoms. The number of alkyl halides is 1. The van der Waals surface area contributed by atoms with Crippen molar-refractivity contribution in [2.75, 3.05) is 5.88 Å². The van der Waals surface area contributed by atoms with Gasteiger partial charge < -0.3 is 4.57 Å². The molecule has 108 valence electrons. The molecule has 0 radical (unpaired) electrons. The molecular formula is C16H15BrClN3. The van der Waals surface area contributed by atoms with Crippen LogP contribution >= 0.6 is 27.5 Å². The van der Waals surface area contributed by atoms with Crippen LogP contribution in [0.5, 0.6) is 0 Å². The van der Waals surface area contributed by atoms with E-state index in [1.165, 1.54) is 5.56 Å². The van der Waals surface area contributed by atoms with Gasteiger partial charge in [0.15, 0.2) is 0 Å². The van der Waals surface area contributed by atoms with Crippen molar-refractivity contribution in [2.45, 2.75) is 19.4 Å². The van der Waals surface area contributed by atoms with Gasteiger partial charge >= 0.3 is 0 Å². The molecule has 1 unspecified atom stereocenters. The number of aromatic nitrogens is 3. The van der Waals surface area contributed by atoms with E-state index in [1.54, 1.807) is 12.4 Å². The van der Waals surface area contributed by atoms with Crippen molar-refractivity contribution in [1.29, 1.82) is 0 Å². The van der Waals surface area contributed by atoms with Gasteiger partial charge in [-0.1, -0.05) is 28.1 Å². The van der Waals surface area contributed by atoms with E-state index in [4.69, 9.17) is 11.6 Å². The van der Waals surface area contributed by atoms with Crippen LogP contribution in [0.4, 0.5) is 0 Å². The van der Waals surface area contributed by atoms with Gasteiger partial charge in [-0.2, -0.15) is 0 Å². The van der Waals surface area contributed by atoms with Crippen molar-refractivity contribution in [3.05, 3.63) is 58.6 Å². The minimum Gasteiger partial charge on any atom is -0.321 e. The van der Waals surface area contributed by atoms with E-state index in [2.05, 4.69) is 61.7 Å². The monoisotopic (exact) mass is 363 g/mol. The van der Waals surface area contributed by atoms with Crippen LogP contribution in [0.2, 0.25) is 0 Å². The van der Waals surface area contributed by atoms with Crippen LogP contribution in [0, 0.1) is 0 Å². The minimum absolute atomic E-state index is 0.198. The van der Waals surface area contributed by atoms with Crippen LogP contribution in [0.15, 0.2) is 47.2 Å². The summed E-state index contributed by atoms with van der Waals surface area (Å²) in [6.07, 6.45) is 4.36. The number of benzene rings is 1. The highest BCUT2D eigenvalue weighted by Crippen LogP contribution is 2.27. The first-order valence-electron chi connectivity index (χ1n) is 6.83. The largest absolute Gasteiger partial charge is 0.321 e. The first kappa shape index (κ1) is 14.5. The fourth-order valence-electron chi connectivity index (χ4n) is 2.58. The average molecular weight is 365 g/mol. The van der Waals surface area contributed by atoms with Crippen LogP contribution in [0.25, 0.3) is 11.0 Å². The van der Waals surface area contributed by atoms with Gasteiger partial charge in [0, 0.05) is 23.0 Å². The molecular weight excluding hydrogens is 350 g/mol. The standard InChI is InChI=1S/C16H15BrClN3/c1-11(12-2-4-13(17)5-3-12)21-15-7-9-19-10-14(15)20-16(21)6-8-18/h2-5,7,9-11H,6,8H2,1H3. The molecule has 3 nitrogen and oxygen atoms in total. The molecule has 0 aliphatic carbocycles. The third-order valence-electron chi connectivity index (χ3n) is 3.62. The molecule has 1 aromatic carbocycles. The first-order valence-corrected chi connectivity index (χ1v) is 8.15. The summed E-state index contributed by atoms with van der Waals surface area (Å²) in [6, 6.07) is 10.6. The lowest BCUT2D eigenvalue weighted by atomic mass is 10.1. The maximum absolute atomic E-state index is 5.93. The van der Waals surface area contributed by atoms with Gasteiger partial charge in [-0.3, -0.25) is 4.98 Å². The van der Waals surface area contributed by atoms with Gasteiger partial charge in [0.25, 0.3) is 0 Å². The molecule has 3 rings (SSSR count). The molecule has 0 saturated heterocycles. The number of imidazole rings is 1. The number of rotatable bonds is 4. The number of hydrogen-bond acceptors (Lipinski definition) is 2. The van der Waals surface area contributed by atoms with Crippen molar-refractivity contribution in [3.63, 3.8) is 0 Å². The second kappa shape index (κ2) is 6.16. The Morgan fingerprint density at radius 1 is 1.24 bits per heavy atom. The molecule has 0 saturated carbocycles. The molecule has 0 aliphatic rings. The number of pyridine rings is 1. The van der Waals surface area contributed by atoms with Crippen molar-refractivity contribution < 1.29 is 0 Å². The van der Waals surface area contributed by atoms with E-state index in [-0.39, 0.29) is 6.04 Å². The molecule has 0 amide bonds. The van der Waals surface area contributed by atoms with Gasteiger partial charge in [-0.05, 0) is 30.7 Å². The topological polar surface area (TPSA) is 30.7 Å². The summed E-state index contributed by atoms with van der Waals surface area (Å²) in [6.45, 7) is 2.18. The van der Waals surface area contributed by atoms with Crippen molar-refractivity contribution >= 4 is 38.6 Å². The average Bonchev–Trinajstić information content (AvgIpc) is 2.85. The predicted octanol–water partition coefficient (Wildman–Crippen LogP) is 4.58. The van der Waals surface area contributed by atoms with E-state index in [0.717, 1.165) is 27.8 Å². The van der Waals surface area contributed by atoms with Gasteiger partial charge in [-0.15, -0.1) is 11.6 Å². The highest BCUT2D eigenvalue weighted by atomic mass is 79.9. The third-order valence-corrected chi connectivity index (χ3v) is 4.34. The molecule has 0 spiro atoms. The Labute approximate surface area is 137 Å². The van der Waals surface area contributed by atoms with E-state index in [1.807, 2.05) is 6.07 Å². The number of halogens is 2. The maximum atomic E-state index is 5.93. The third kappa shape index (κ3) is 2.83. The summed E-state index contributed by atoms with van der Waals surface area (Å²) >= 11 is 9.41. The summed E-state index contributed by atoms with van der Waals surface area (Å²) in [4.78, 5) is 8.83. The second-order valence-corrected chi connectivity index (χ2v) is 6.22. The lowest BCUT2D eigenvalue weighted by Gasteiger charge is -2.18. The molecule has 2 aromatic heterocycles. The second-order valence-electron chi connectivity index (χ2n) is 4.93. The van der Waals surface area contributed by atoms with E-state index in [9.17, 15) is 0 Å². The van der Waals surface area contributed by atoms with Crippen LogP contribution in [0.1, 0.15) is 24.4 Å². The number of aryl methyl sites for hydroxylation is 1. The fourth-order valence-corrected chi connectivity index (χ4v) is 3.02. The van der Waals surface area contributed by atoms with Crippen LogP contribution in [-0.2, 0) is 6.42 Å². The SMILES string of the molecule is CC(c1ccc(Br)cc1)n1c(CCCl)nc2cnccc21. The zero-order chi connectivity index (χ0) is 14.8. The quantitative estimate of drug-likeness (QED) is 0.634. The Kier molecular flexibility index (Phi) is 4.27. The van der Waals surface area contributed by atoms with Crippen LogP contribution in [0.3, 0.4) is 0 Å². The van der Waals surface area contributed by atoms with Crippen molar-refractivity contribution in [3.8, 4) is 0 Å². The summed E-state index contributed by atoms with van der Waals surface area (Å²) in [5.74, 6) is 1.56. The Bertz CT molecular complexity index is 752. The Balaban J connectivity index is 2.13. The zero-order valence-electron chi connectivity index (χ0n) is 11.6. The zero-order valence-corrected chi connectivity index (χ0v) is 14.0. The first-order chi connectivity index (χ1) is 10.2. The molecule has 1 atom stereocenters. The maximum Gasteiger partial charge on any atom is 0.111 e. The van der Waals surface area contributed by atoms with E-state index in [0.29, 0.717) is 5.88 Å². The van der Waals surface area contributed by atoms with E-state index >= 15 is 0 Å². The van der Waals surface area contributed by atoms with Gasteiger partial charge in [0.05, 0.1) is 17.8 Å². The van der Waals surface area contributed by atoms with Gasteiger partial charge in [0.1, 0.15) is 11.3 Å². The van der Waals surface area contributed by atoms with Gasteiger partial charge in [0.2, 0.25) is 0 Å². The minimum atomic E-state index is 0.198. The molecule has 21 heavy (non-hydrogen) atoms. The van der Waals surface area contributed by atoms with Crippen molar-refractivity contribution in [1.82, 2.24) is 14.5 Å². The summed E-state index contributed by atoms with van der Waals surface area (Å²) in [5, 5.41) is 0. The van der Waals surface area contributed by atoms with Crippen LogP contribution in [-0.4, -0.2) is 20.4 Å². The Morgan fingerprint density at radius 2 is 2.00 bits per heavy atom. The molecule has 0 fully saturated rings. The molecule has 0 aliphatic heterocycles. The molecule has 5 heteroatoms. The fraction of sp³-hybridized carbons (Fsp3) is 0.250. The summed E-state index contributed by atoms with van der Waals surface area (Å²) in [5.41, 5.74) is 3.26. The summed E-state index contributed by atoms with van der Waals surface area (Å²) < 4.78 is 3.34. The normalized spacial score (nSPS) is 12.7. The number of fused-ring (bicyclic) bond motifs is 1. The molecule has 2 heterocycles. The molecule has 3 aromatic rings. The predicted molar refractivity (Wildman–Crippen MR) is 89.9 cm³/mol. The Hall–Kier alpha value is -1.39. The molecule has 0 N–H and O–H groups in total. The number of nitrogens with zero attached hydrogens (tertiary/aromatic N) is 3.